The number of carbonyl (C=O) groups excluding carboxylic acids is 1. The lowest BCUT2D eigenvalue weighted by Gasteiger charge is -2.18. The zero-order valence-electron chi connectivity index (χ0n) is 18.0. The highest BCUT2D eigenvalue weighted by Crippen LogP contribution is 2.34. The van der Waals surface area contributed by atoms with E-state index in [-0.39, 0.29) is 28.6 Å². The molecule has 1 amide bonds. The van der Waals surface area contributed by atoms with Crippen LogP contribution in [0, 0.1) is 5.92 Å². The van der Waals surface area contributed by atoms with Crippen molar-refractivity contribution < 1.29 is 35.8 Å². The highest BCUT2D eigenvalue weighted by molar-refractivity contribution is 7.94. The number of methoxy groups -OCH3 is 3. The summed E-state index contributed by atoms with van der Waals surface area (Å²) in [5, 5.41) is 0. The predicted octanol–water partition coefficient (Wildman–Crippen LogP) is 1.50. The summed E-state index contributed by atoms with van der Waals surface area (Å²) in [7, 11) is -3.77. The minimum atomic E-state index is -4.14. The Labute approximate surface area is 187 Å². The quantitative estimate of drug-likeness (QED) is 0.597. The number of nitrogens with one attached hydrogen (secondary N) is 1. The number of anilines is 1. The van der Waals surface area contributed by atoms with Crippen LogP contribution in [0.25, 0.3) is 0 Å². The molecule has 12 heteroatoms. The van der Waals surface area contributed by atoms with Crippen molar-refractivity contribution in [2.75, 3.05) is 31.4 Å². The molecule has 0 unspecified atom stereocenters. The van der Waals surface area contributed by atoms with Crippen molar-refractivity contribution in [2.24, 2.45) is 5.92 Å². The second-order valence-corrected chi connectivity index (χ2v) is 10.7. The van der Waals surface area contributed by atoms with Gasteiger partial charge in [0.15, 0.2) is 11.5 Å². The summed E-state index contributed by atoms with van der Waals surface area (Å²) in [6.45, 7) is 1.43. The van der Waals surface area contributed by atoms with Crippen molar-refractivity contribution in [3.63, 3.8) is 0 Å². The molecule has 3 rings (SSSR count). The SMILES string of the molecule is COc1ccc(CNS(=O)(=O)c2cc(N3C(=O)[C@H](C)CS3(=O)=O)ccc2OC)cc1OC. The normalized spacial score (nSPS) is 17.9. The average molecular weight is 485 g/mol. The van der Waals surface area contributed by atoms with Gasteiger partial charge in [0.25, 0.3) is 0 Å². The summed E-state index contributed by atoms with van der Waals surface area (Å²) in [5.41, 5.74) is 0.541. The lowest BCUT2D eigenvalue weighted by molar-refractivity contribution is -0.119. The molecule has 0 spiro atoms. The number of benzene rings is 2. The number of ether oxygens (including phenoxy) is 3. The largest absolute Gasteiger partial charge is 0.495 e. The van der Waals surface area contributed by atoms with E-state index in [4.69, 9.17) is 14.2 Å². The Morgan fingerprint density at radius 3 is 2.19 bits per heavy atom. The molecule has 32 heavy (non-hydrogen) atoms. The molecular formula is C20H24N2O8S2. The van der Waals surface area contributed by atoms with Crippen LogP contribution in [0.3, 0.4) is 0 Å². The van der Waals surface area contributed by atoms with Gasteiger partial charge < -0.3 is 14.2 Å². The Hall–Kier alpha value is -2.83. The molecule has 1 aliphatic heterocycles. The first-order valence-corrected chi connectivity index (χ1v) is 12.6. The van der Waals surface area contributed by atoms with Gasteiger partial charge in [-0.1, -0.05) is 13.0 Å². The van der Waals surface area contributed by atoms with Crippen molar-refractivity contribution in [3.8, 4) is 17.2 Å². The molecule has 0 aromatic heterocycles. The maximum absolute atomic E-state index is 13.0. The van der Waals surface area contributed by atoms with Gasteiger partial charge in [-0.15, -0.1) is 0 Å². The van der Waals surface area contributed by atoms with Crippen molar-refractivity contribution in [1.82, 2.24) is 4.72 Å². The van der Waals surface area contributed by atoms with Gasteiger partial charge in [-0.25, -0.2) is 25.9 Å². The van der Waals surface area contributed by atoms with Crippen LogP contribution in [0.1, 0.15) is 12.5 Å². The van der Waals surface area contributed by atoms with E-state index >= 15 is 0 Å². The minimum Gasteiger partial charge on any atom is -0.495 e. The highest BCUT2D eigenvalue weighted by Gasteiger charge is 2.42. The second-order valence-electron chi connectivity index (χ2n) is 7.13. The number of sulfonamides is 2. The van der Waals surface area contributed by atoms with E-state index < -0.39 is 31.9 Å². The molecule has 0 radical (unpaired) electrons. The van der Waals surface area contributed by atoms with Crippen LogP contribution in [0.4, 0.5) is 5.69 Å². The van der Waals surface area contributed by atoms with E-state index in [2.05, 4.69) is 4.72 Å². The summed E-state index contributed by atoms with van der Waals surface area (Å²) >= 11 is 0. The zero-order chi connectivity index (χ0) is 23.7. The topological polar surface area (TPSA) is 128 Å². The van der Waals surface area contributed by atoms with Crippen molar-refractivity contribution in [2.45, 2.75) is 18.4 Å². The van der Waals surface area contributed by atoms with E-state index in [1.54, 1.807) is 18.2 Å². The standard InChI is InChI=1S/C20H24N2O8S2/c1-13-12-31(24,25)22(20(13)23)15-6-8-17(29-3)19(10-15)32(26,27)21-11-14-5-7-16(28-2)18(9-14)30-4/h5-10,13,21H,11-12H2,1-4H3/t13-/m1/s1. The molecular weight excluding hydrogens is 460 g/mol. The number of hydrogen-bond donors (Lipinski definition) is 1. The molecule has 1 N–H and O–H groups in total. The fourth-order valence-electron chi connectivity index (χ4n) is 3.34. The molecule has 1 saturated heterocycles. The van der Waals surface area contributed by atoms with Gasteiger partial charge in [-0.05, 0) is 35.9 Å². The Bertz CT molecular complexity index is 1240. The Morgan fingerprint density at radius 2 is 1.62 bits per heavy atom. The maximum atomic E-state index is 13.0. The van der Waals surface area contributed by atoms with E-state index in [1.807, 2.05) is 0 Å². The smallest absolute Gasteiger partial charge is 0.244 e. The molecule has 10 nitrogen and oxygen atoms in total. The average Bonchev–Trinajstić information content (AvgIpc) is 2.97. The van der Waals surface area contributed by atoms with E-state index in [0.29, 0.717) is 21.4 Å². The fraction of sp³-hybridized carbons (Fsp3) is 0.350. The molecule has 1 heterocycles. The second kappa shape index (κ2) is 8.96. The third-order valence-corrected chi connectivity index (χ3v) is 8.24. The van der Waals surface area contributed by atoms with Crippen LogP contribution in [-0.4, -0.2) is 49.8 Å². The molecule has 1 fully saturated rings. The van der Waals surface area contributed by atoms with Gasteiger partial charge in [0.2, 0.25) is 26.0 Å². The van der Waals surface area contributed by atoms with Gasteiger partial charge in [-0.3, -0.25) is 4.79 Å². The zero-order valence-corrected chi connectivity index (χ0v) is 19.6. The highest BCUT2D eigenvalue weighted by atomic mass is 32.2. The number of amides is 1. The molecule has 0 bridgehead atoms. The fourth-order valence-corrected chi connectivity index (χ4v) is 6.35. The maximum Gasteiger partial charge on any atom is 0.244 e. The van der Waals surface area contributed by atoms with Gasteiger partial charge >= 0.3 is 0 Å². The van der Waals surface area contributed by atoms with Crippen molar-refractivity contribution >= 4 is 31.6 Å². The minimum absolute atomic E-state index is 0.00524. The summed E-state index contributed by atoms with van der Waals surface area (Å²) in [5.74, 6) is -0.722. The summed E-state index contributed by atoms with van der Waals surface area (Å²) < 4.78 is 69.5. The molecule has 1 atom stereocenters. The third kappa shape index (κ3) is 4.52. The Morgan fingerprint density at radius 1 is 1.00 bits per heavy atom. The monoisotopic (exact) mass is 484 g/mol. The third-order valence-electron chi connectivity index (χ3n) is 4.95. The summed E-state index contributed by atoms with van der Waals surface area (Å²) in [6, 6.07) is 8.71. The van der Waals surface area contributed by atoms with E-state index in [9.17, 15) is 21.6 Å². The van der Waals surface area contributed by atoms with Crippen LogP contribution in [0.5, 0.6) is 17.2 Å². The molecule has 0 aliphatic carbocycles. The van der Waals surface area contributed by atoms with Crippen molar-refractivity contribution in [1.29, 1.82) is 0 Å². The van der Waals surface area contributed by atoms with E-state index in [1.165, 1.54) is 40.4 Å². The van der Waals surface area contributed by atoms with Gasteiger partial charge in [-0.2, -0.15) is 0 Å². The van der Waals surface area contributed by atoms with E-state index in [0.717, 1.165) is 6.07 Å². The Kier molecular flexibility index (Phi) is 6.67. The first kappa shape index (κ1) is 23.8. The van der Waals surface area contributed by atoms with Crippen LogP contribution in [-0.2, 0) is 31.4 Å². The first-order valence-electron chi connectivity index (χ1n) is 9.49. The molecule has 2 aromatic rings. The van der Waals surface area contributed by atoms with Gasteiger partial charge in [0.1, 0.15) is 10.6 Å². The summed E-state index contributed by atoms with van der Waals surface area (Å²) in [4.78, 5) is 12.1. The number of nitrogens with zero attached hydrogens (tertiary/aromatic N) is 1. The molecule has 174 valence electrons. The number of hydrogen-bond acceptors (Lipinski definition) is 8. The van der Waals surface area contributed by atoms with Crippen LogP contribution < -0.4 is 23.2 Å². The number of rotatable bonds is 8. The lowest BCUT2D eigenvalue weighted by Crippen LogP contribution is -2.31. The molecule has 0 saturated carbocycles. The van der Waals surface area contributed by atoms with Crippen LogP contribution in [0.2, 0.25) is 0 Å². The van der Waals surface area contributed by atoms with Crippen LogP contribution >= 0.6 is 0 Å². The lowest BCUT2D eigenvalue weighted by atomic mass is 10.2. The van der Waals surface area contributed by atoms with Gasteiger partial charge in [0, 0.05) is 6.54 Å². The summed E-state index contributed by atoms with van der Waals surface area (Å²) in [6.07, 6.45) is 0. The predicted molar refractivity (Wildman–Crippen MR) is 117 cm³/mol. The first-order chi connectivity index (χ1) is 15.0. The molecule has 1 aliphatic rings. The van der Waals surface area contributed by atoms with Crippen molar-refractivity contribution in [3.05, 3.63) is 42.0 Å². The Balaban J connectivity index is 1.94. The molecule has 2 aromatic carbocycles. The van der Waals surface area contributed by atoms with Gasteiger partial charge in [0.05, 0.1) is 38.7 Å². The number of carbonyl (C=O) groups is 1. The van der Waals surface area contributed by atoms with Crippen LogP contribution in [0.15, 0.2) is 41.3 Å².